The van der Waals surface area contributed by atoms with E-state index in [9.17, 15) is 4.79 Å². The minimum absolute atomic E-state index is 0.151. The number of carbonyl (C=O) groups is 1. The van der Waals surface area contributed by atoms with Crippen molar-refractivity contribution in [1.82, 2.24) is 9.78 Å². The van der Waals surface area contributed by atoms with Crippen molar-refractivity contribution < 1.29 is 4.79 Å². The highest BCUT2D eigenvalue weighted by Gasteiger charge is 2.23. The van der Waals surface area contributed by atoms with Crippen LogP contribution in [0.25, 0.3) is 0 Å². The monoisotopic (exact) mass is 268 g/mol. The van der Waals surface area contributed by atoms with Crippen LogP contribution < -0.4 is 0 Å². The maximum Gasteiger partial charge on any atom is 0.182 e. The van der Waals surface area contributed by atoms with Gasteiger partial charge in [0.15, 0.2) is 5.78 Å². The maximum atomic E-state index is 12.4. The number of aromatic nitrogens is 2. The van der Waals surface area contributed by atoms with E-state index in [4.69, 9.17) is 11.6 Å². The smallest absolute Gasteiger partial charge is 0.182 e. The van der Waals surface area contributed by atoms with E-state index in [1.165, 1.54) is 32.1 Å². The summed E-state index contributed by atoms with van der Waals surface area (Å²) in [6.45, 7) is 4.03. The molecule has 1 aliphatic carbocycles. The van der Waals surface area contributed by atoms with Gasteiger partial charge in [-0.1, -0.05) is 43.7 Å². The molecule has 2 rings (SSSR count). The van der Waals surface area contributed by atoms with Gasteiger partial charge < -0.3 is 0 Å². The fraction of sp³-hybridized carbons (Fsp3) is 0.714. The summed E-state index contributed by atoms with van der Waals surface area (Å²) in [6, 6.07) is 0.169. The number of hydrogen-bond donors (Lipinski definition) is 0. The minimum atomic E-state index is 0.151. The zero-order chi connectivity index (χ0) is 13.1. The zero-order valence-corrected chi connectivity index (χ0v) is 11.9. The van der Waals surface area contributed by atoms with Crippen molar-refractivity contribution in [3.63, 3.8) is 0 Å². The van der Waals surface area contributed by atoms with E-state index in [2.05, 4.69) is 5.10 Å². The van der Waals surface area contributed by atoms with Crippen LogP contribution in [0.4, 0.5) is 0 Å². The second kappa shape index (κ2) is 5.87. The molecule has 0 aliphatic heterocycles. The summed E-state index contributed by atoms with van der Waals surface area (Å²) in [5.74, 6) is 0.691. The van der Waals surface area contributed by atoms with Gasteiger partial charge in [-0.15, -0.1) is 0 Å². The lowest BCUT2D eigenvalue weighted by molar-refractivity contribution is 0.0938. The van der Waals surface area contributed by atoms with E-state index in [1.54, 1.807) is 10.9 Å². The van der Waals surface area contributed by atoms with Gasteiger partial charge in [0, 0.05) is 12.5 Å². The number of Topliss-reactive ketones (excluding diaryl/α,β-unsaturated/α-hetero) is 1. The molecule has 1 aromatic heterocycles. The lowest BCUT2D eigenvalue weighted by Crippen LogP contribution is -2.17. The Morgan fingerprint density at radius 1 is 1.44 bits per heavy atom. The van der Waals surface area contributed by atoms with Crippen LogP contribution in [0.5, 0.6) is 0 Å². The second-order valence-corrected chi connectivity index (χ2v) is 5.92. The summed E-state index contributed by atoms with van der Waals surface area (Å²) in [7, 11) is 0. The average Bonchev–Trinajstić information content (AvgIpc) is 2.72. The van der Waals surface area contributed by atoms with Gasteiger partial charge in [-0.25, -0.2) is 0 Å². The second-order valence-electron chi connectivity index (χ2n) is 5.51. The molecule has 0 aromatic carbocycles. The van der Waals surface area contributed by atoms with Crippen molar-refractivity contribution >= 4 is 17.4 Å². The Morgan fingerprint density at radius 2 is 2.11 bits per heavy atom. The molecular formula is C14H21ClN2O. The van der Waals surface area contributed by atoms with Crippen LogP contribution in [-0.2, 0) is 0 Å². The van der Waals surface area contributed by atoms with Crippen molar-refractivity contribution in [3.05, 3.63) is 16.9 Å². The van der Waals surface area contributed by atoms with E-state index in [-0.39, 0.29) is 11.8 Å². The van der Waals surface area contributed by atoms with E-state index >= 15 is 0 Å². The molecule has 0 radical (unpaired) electrons. The molecule has 3 nitrogen and oxygen atoms in total. The van der Waals surface area contributed by atoms with Gasteiger partial charge in [-0.2, -0.15) is 5.10 Å². The first-order valence-electron chi connectivity index (χ1n) is 6.85. The normalized spacial score (nSPS) is 17.3. The first kappa shape index (κ1) is 13.6. The molecule has 1 heterocycles. The number of ketones is 1. The fourth-order valence-corrected chi connectivity index (χ4v) is 2.98. The summed E-state index contributed by atoms with van der Waals surface area (Å²) in [5, 5.41) is 4.68. The molecule has 0 amide bonds. The molecule has 0 spiro atoms. The molecule has 0 atom stereocenters. The van der Waals surface area contributed by atoms with Crippen LogP contribution in [-0.4, -0.2) is 15.6 Å². The first-order chi connectivity index (χ1) is 8.59. The summed E-state index contributed by atoms with van der Waals surface area (Å²) in [6.07, 6.45) is 8.39. The molecule has 0 unspecified atom stereocenters. The Kier molecular flexibility index (Phi) is 4.44. The van der Waals surface area contributed by atoms with Crippen molar-refractivity contribution in [2.45, 2.75) is 58.4 Å². The minimum Gasteiger partial charge on any atom is -0.292 e. The number of carbonyl (C=O) groups excluding carboxylic acids is 1. The van der Waals surface area contributed by atoms with Crippen LogP contribution in [0.1, 0.15) is 68.9 Å². The lowest BCUT2D eigenvalue weighted by Gasteiger charge is -2.21. The van der Waals surface area contributed by atoms with Crippen LogP contribution in [0.3, 0.4) is 0 Å². The van der Waals surface area contributed by atoms with Gasteiger partial charge in [0.25, 0.3) is 0 Å². The summed E-state index contributed by atoms with van der Waals surface area (Å²) in [4.78, 5) is 12.4. The van der Waals surface area contributed by atoms with Crippen LogP contribution in [0, 0.1) is 5.92 Å². The third kappa shape index (κ3) is 2.94. The number of hydrogen-bond acceptors (Lipinski definition) is 2. The van der Waals surface area contributed by atoms with Gasteiger partial charge in [-0.3, -0.25) is 9.48 Å². The Morgan fingerprint density at radius 3 is 2.72 bits per heavy atom. The molecule has 0 N–H and O–H groups in total. The topological polar surface area (TPSA) is 34.9 Å². The third-order valence-electron chi connectivity index (χ3n) is 3.70. The fourth-order valence-electron chi connectivity index (χ4n) is 2.74. The summed E-state index contributed by atoms with van der Waals surface area (Å²) < 4.78 is 1.74. The molecule has 4 heteroatoms. The number of nitrogens with zero attached hydrogens (tertiary/aromatic N) is 2. The summed E-state index contributed by atoms with van der Waals surface area (Å²) in [5.41, 5.74) is 0.595. The first-order valence-corrected chi connectivity index (χ1v) is 7.23. The van der Waals surface area contributed by atoms with Crippen LogP contribution in [0.2, 0.25) is 5.02 Å². The zero-order valence-electron chi connectivity index (χ0n) is 11.2. The molecule has 1 saturated carbocycles. The van der Waals surface area contributed by atoms with E-state index < -0.39 is 0 Å². The van der Waals surface area contributed by atoms with E-state index in [1.807, 2.05) is 13.8 Å². The Bertz CT molecular complexity index is 419. The molecule has 18 heavy (non-hydrogen) atoms. The molecular weight excluding hydrogens is 248 g/mol. The van der Waals surface area contributed by atoms with Crippen molar-refractivity contribution in [2.24, 2.45) is 5.92 Å². The molecule has 1 aliphatic rings. The van der Waals surface area contributed by atoms with Gasteiger partial charge >= 0.3 is 0 Å². The highest BCUT2D eigenvalue weighted by Crippen LogP contribution is 2.29. The SMILES string of the molecule is CC(C)n1ncc(Cl)c1C(=O)CC1CCCCC1. The average molecular weight is 269 g/mol. The quantitative estimate of drug-likeness (QED) is 0.765. The highest BCUT2D eigenvalue weighted by atomic mass is 35.5. The van der Waals surface area contributed by atoms with Crippen molar-refractivity contribution in [2.75, 3.05) is 0 Å². The standard InChI is InChI=1S/C14H21ClN2O/c1-10(2)17-14(12(15)9-16-17)13(18)8-11-6-4-3-5-7-11/h9-11H,3-8H2,1-2H3. The molecule has 0 saturated heterocycles. The molecule has 1 aromatic rings. The van der Waals surface area contributed by atoms with Crippen LogP contribution in [0.15, 0.2) is 6.20 Å². The predicted octanol–water partition coefficient (Wildman–Crippen LogP) is 4.27. The van der Waals surface area contributed by atoms with Crippen molar-refractivity contribution in [3.8, 4) is 0 Å². The molecule has 0 bridgehead atoms. The molecule has 1 fully saturated rings. The van der Waals surface area contributed by atoms with E-state index in [0.717, 1.165) is 0 Å². The number of rotatable bonds is 4. The maximum absolute atomic E-state index is 12.4. The van der Waals surface area contributed by atoms with Crippen LogP contribution >= 0.6 is 11.6 Å². The van der Waals surface area contributed by atoms with Crippen molar-refractivity contribution in [1.29, 1.82) is 0 Å². The third-order valence-corrected chi connectivity index (χ3v) is 3.98. The van der Waals surface area contributed by atoms with Gasteiger partial charge in [0.05, 0.1) is 11.2 Å². The Hall–Kier alpha value is -0.830. The number of halogens is 1. The Labute approximate surface area is 114 Å². The largest absolute Gasteiger partial charge is 0.292 e. The summed E-state index contributed by atoms with van der Waals surface area (Å²) >= 11 is 6.10. The van der Waals surface area contributed by atoms with Gasteiger partial charge in [-0.05, 0) is 19.8 Å². The van der Waals surface area contributed by atoms with Gasteiger partial charge in [0.1, 0.15) is 5.69 Å². The molecule has 100 valence electrons. The predicted molar refractivity (Wildman–Crippen MR) is 73.1 cm³/mol. The highest BCUT2D eigenvalue weighted by molar-refractivity contribution is 6.33. The lowest BCUT2D eigenvalue weighted by atomic mass is 9.85. The van der Waals surface area contributed by atoms with Gasteiger partial charge in [0.2, 0.25) is 0 Å². The Balaban J connectivity index is 2.10. The van der Waals surface area contributed by atoms with E-state index in [0.29, 0.717) is 23.1 Å².